The third-order valence-corrected chi connectivity index (χ3v) is 2.92. The molecule has 1 aromatic heterocycles. The van der Waals surface area contributed by atoms with E-state index in [2.05, 4.69) is 17.0 Å². The lowest BCUT2D eigenvalue weighted by Crippen LogP contribution is -2.37. The molecule has 1 aliphatic heterocycles. The summed E-state index contributed by atoms with van der Waals surface area (Å²) < 4.78 is 11.7. The van der Waals surface area contributed by atoms with Crippen molar-refractivity contribution >= 4 is 5.82 Å². The molecule has 20 heavy (non-hydrogen) atoms. The standard InChI is InChI=1S/C12H15N3O5/c1-2-5-19-10-9(17)7(6-16)20-11(10)15-4-3-8(13)14-12(15)18/h3-4,7,9-11,16-17H,6H2,1H3,(H2,13,14,18)/t7-,9-,10-,11-/m1/s1. The minimum atomic E-state index is -1.12. The van der Waals surface area contributed by atoms with Gasteiger partial charge in [-0.1, -0.05) is 5.92 Å². The zero-order chi connectivity index (χ0) is 14.7. The Morgan fingerprint density at radius 3 is 3.00 bits per heavy atom. The van der Waals surface area contributed by atoms with Crippen molar-refractivity contribution in [2.75, 3.05) is 12.3 Å². The van der Waals surface area contributed by atoms with Crippen molar-refractivity contribution in [3.63, 3.8) is 0 Å². The summed E-state index contributed by atoms with van der Waals surface area (Å²) in [6.07, 6.45) is -0.0880. The van der Waals surface area contributed by atoms with E-state index in [-0.39, 0.29) is 5.82 Å². The van der Waals surface area contributed by atoms with Gasteiger partial charge in [0.25, 0.3) is 0 Å². The summed E-state index contributed by atoms with van der Waals surface area (Å²) in [5, 5.41) is 19.2. The second kappa shape index (κ2) is 5.92. The Kier molecular flexibility index (Phi) is 4.24. The van der Waals surface area contributed by atoms with E-state index in [9.17, 15) is 9.90 Å². The highest BCUT2D eigenvalue weighted by Gasteiger charge is 2.46. The van der Waals surface area contributed by atoms with E-state index >= 15 is 0 Å². The fourth-order valence-corrected chi connectivity index (χ4v) is 1.97. The predicted octanol–water partition coefficient (Wildman–Crippen LogP) is -1.56. The summed E-state index contributed by atoms with van der Waals surface area (Å²) in [4.78, 5) is 15.4. The average molecular weight is 281 g/mol. The number of ether oxygens (including phenoxy) is 2. The van der Waals surface area contributed by atoms with Crippen molar-refractivity contribution in [2.24, 2.45) is 0 Å². The van der Waals surface area contributed by atoms with Gasteiger partial charge in [-0.25, -0.2) is 4.79 Å². The lowest BCUT2D eigenvalue weighted by atomic mass is 10.1. The molecule has 0 amide bonds. The number of nitrogens with zero attached hydrogens (tertiary/aromatic N) is 2. The van der Waals surface area contributed by atoms with Crippen LogP contribution in [-0.2, 0) is 9.47 Å². The smallest absolute Gasteiger partial charge is 0.351 e. The molecule has 4 N–H and O–H groups in total. The maximum absolute atomic E-state index is 11.8. The third-order valence-electron chi connectivity index (χ3n) is 2.92. The van der Waals surface area contributed by atoms with Crippen molar-refractivity contribution in [2.45, 2.75) is 31.5 Å². The van der Waals surface area contributed by atoms with Crippen LogP contribution in [0.5, 0.6) is 0 Å². The van der Waals surface area contributed by atoms with Gasteiger partial charge < -0.3 is 25.4 Å². The first-order valence-electron chi connectivity index (χ1n) is 5.95. The Balaban J connectivity index is 2.35. The van der Waals surface area contributed by atoms with Gasteiger partial charge in [0, 0.05) is 13.1 Å². The van der Waals surface area contributed by atoms with Gasteiger partial charge >= 0.3 is 5.69 Å². The number of aliphatic hydroxyl groups is 2. The van der Waals surface area contributed by atoms with Crippen LogP contribution in [0.15, 0.2) is 17.1 Å². The van der Waals surface area contributed by atoms with Crippen LogP contribution in [0.1, 0.15) is 13.2 Å². The first-order valence-corrected chi connectivity index (χ1v) is 5.95. The molecule has 108 valence electrons. The molecule has 0 saturated carbocycles. The lowest BCUT2D eigenvalue weighted by Gasteiger charge is -2.19. The molecule has 1 fully saturated rings. The van der Waals surface area contributed by atoms with Gasteiger partial charge in [0.15, 0.2) is 12.3 Å². The molecule has 0 radical (unpaired) electrons. The summed E-state index contributed by atoms with van der Waals surface area (Å²) >= 11 is 0. The van der Waals surface area contributed by atoms with E-state index in [1.807, 2.05) is 0 Å². The number of anilines is 1. The Bertz CT molecular complexity index is 591. The number of hydrogen-bond acceptors (Lipinski definition) is 7. The van der Waals surface area contributed by atoms with Crippen LogP contribution in [-0.4, -0.2) is 44.7 Å². The second-order valence-corrected chi connectivity index (χ2v) is 4.22. The van der Waals surface area contributed by atoms with Gasteiger partial charge in [0.05, 0.1) is 6.61 Å². The van der Waals surface area contributed by atoms with Crippen molar-refractivity contribution in [1.29, 1.82) is 0 Å². The first kappa shape index (κ1) is 14.3. The minimum absolute atomic E-state index is 0.0781. The SMILES string of the molecule is CC#CO[C@@H]1[C@H](O)[C@@H](CO)O[C@H]1n1ccc(N)nc1=O. The van der Waals surface area contributed by atoms with Gasteiger partial charge in [-0.05, 0) is 6.07 Å². The maximum Gasteiger partial charge on any atom is 0.351 e. The van der Waals surface area contributed by atoms with Crippen molar-refractivity contribution in [1.82, 2.24) is 9.55 Å². The number of nitrogen functional groups attached to an aromatic ring is 1. The molecule has 0 spiro atoms. The van der Waals surface area contributed by atoms with E-state index in [0.29, 0.717) is 0 Å². The molecular formula is C12H15N3O5. The zero-order valence-corrected chi connectivity index (χ0v) is 10.8. The van der Waals surface area contributed by atoms with Crippen molar-refractivity contribution < 1.29 is 19.7 Å². The molecule has 4 atom stereocenters. The van der Waals surface area contributed by atoms with Crippen LogP contribution in [0.3, 0.4) is 0 Å². The van der Waals surface area contributed by atoms with Crippen molar-refractivity contribution in [3.8, 4) is 12.0 Å². The van der Waals surface area contributed by atoms with Gasteiger partial charge in [-0.15, -0.1) is 0 Å². The third kappa shape index (κ3) is 2.60. The molecule has 2 heterocycles. The van der Waals surface area contributed by atoms with Crippen LogP contribution < -0.4 is 11.4 Å². The summed E-state index contributed by atoms with van der Waals surface area (Å²) in [5.74, 6) is 2.60. The fraction of sp³-hybridized carbons (Fsp3) is 0.500. The number of aliphatic hydroxyl groups excluding tert-OH is 2. The molecule has 2 rings (SSSR count). The van der Waals surface area contributed by atoms with Crippen LogP contribution in [0.2, 0.25) is 0 Å². The monoisotopic (exact) mass is 281 g/mol. The van der Waals surface area contributed by atoms with E-state index in [0.717, 1.165) is 4.57 Å². The van der Waals surface area contributed by atoms with Gasteiger partial charge in [-0.2, -0.15) is 4.98 Å². The first-order chi connectivity index (χ1) is 9.58. The number of rotatable bonds is 3. The van der Waals surface area contributed by atoms with E-state index in [1.54, 1.807) is 6.92 Å². The Morgan fingerprint density at radius 2 is 2.40 bits per heavy atom. The summed E-state index contributed by atoms with van der Waals surface area (Å²) in [6, 6.07) is 1.42. The molecule has 0 bridgehead atoms. The molecule has 8 heteroatoms. The molecule has 8 nitrogen and oxygen atoms in total. The number of nitrogens with two attached hydrogens (primary N) is 1. The predicted molar refractivity (Wildman–Crippen MR) is 68.2 cm³/mol. The normalized spacial score (nSPS) is 28.8. The largest absolute Gasteiger partial charge is 0.436 e. The zero-order valence-electron chi connectivity index (χ0n) is 10.8. The molecule has 1 saturated heterocycles. The average Bonchev–Trinajstić information content (AvgIpc) is 2.73. The lowest BCUT2D eigenvalue weighted by molar-refractivity contribution is -0.0548. The maximum atomic E-state index is 11.8. The highest BCUT2D eigenvalue weighted by molar-refractivity contribution is 5.23. The summed E-state index contributed by atoms with van der Waals surface area (Å²) in [5.41, 5.74) is 4.77. The fourth-order valence-electron chi connectivity index (χ4n) is 1.97. The molecule has 1 aliphatic rings. The van der Waals surface area contributed by atoms with Crippen molar-refractivity contribution in [3.05, 3.63) is 22.7 Å². The van der Waals surface area contributed by atoms with Crippen LogP contribution >= 0.6 is 0 Å². The minimum Gasteiger partial charge on any atom is -0.436 e. The van der Waals surface area contributed by atoms with Gasteiger partial charge in [0.2, 0.25) is 0 Å². The van der Waals surface area contributed by atoms with E-state index in [1.165, 1.54) is 12.3 Å². The second-order valence-electron chi connectivity index (χ2n) is 4.22. The Morgan fingerprint density at radius 1 is 1.65 bits per heavy atom. The Hall–Kier alpha value is -2.08. The molecular weight excluding hydrogens is 266 g/mol. The molecule has 0 aliphatic carbocycles. The summed E-state index contributed by atoms with van der Waals surface area (Å²) in [6.45, 7) is 1.16. The Labute approximate surface area is 114 Å². The van der Waals surface area contributed by atoms with E-state index < -0.39 is 36.8 Å². The van der Waals surface area contributed by atoms with Crippen LogP contribution in [0.25, 0.3) is 0 Å². The summed E-state index contributed by atoms with van der Waals surface area (Å²) in [7, 11) is 0. The highest BCUT2D eigenvalue weighted by atomic mass is 16.6. The van der Waals surface area contributed by atoms with Gasteiger partial charge in [0.1, 0.15) is 24.1 Å². The highest BCUT2D eigenvalue weighted by Crippen LogP contribution is 2.30. The molecule has 0 aromatic carbocycles. The van der Waals surface area contributed by atoms with Gasteiger partial charge in [-0.3, -0.25) is 4.57 Å². The van der Waals surface area contributed by atoms with E-state index in [4.69, 9.17) is 20.3 Å². The van der Waals surface area contributed by atoms with Crippen LogP contribution in [0.4, 0.5) is 5.82 Å². The molecule has 1 aromatic rings. The molecule has 0 unspecified atom stereocenters. The number of hydrogen-bond donors (Lipinski definition) is 3. The quantitative estimate of drug-likeness (QED) is 0.573. The number of aromatic nitrogens is 2. The topological polar surface area (TPSA) is 120 Å². The van der Waals surface area contributed by atoms with Crippen LogP contribution in [0, 0.1) is 12.0 Å².